The van der Waals surface area contributed by atoms with Gasteiger partial charge in [0.1, 0.15) is 0 Å². The normalized spacial score (nSPS) is 33.2. The van der Waals surface area contributed by atoms with E-state index in [0.717, 1.165) is 18.4 Å². The Balaban J connectivity index is 2.18. The second-order valence-corrected chi connectivity index (χ2v) is 4.61. The van der Waals surface area contributed by atoms with E-state index in [-0.39, 0.29) is 12.1 Å². The standard InChI is InChI=1S/C11H23NO/c1-8-5-4-6-11(8)7-12-9(2)10(3)13/h8-13H,4-7H2,1-3H3. The number of hydrogen-bond acceptors (Lipinski definition) is 2. The highest BCUT2D eigenvalue weighted by molar-refractivity contribution is 4.78. The summed E-state index contributed by atoms with van der Waals surface area (Å²) in [6, 6.07) is 0.229. The quantitative estimate of drug-likeness (QED) is 0.700. The zero-order valence-electron chi connectivity index (χ0n) is 9.09. The van der Waals surface area contributed by atoms with Gasteiger partial charge in [-0.1, -0.05) is 19.8 Å². The van der Waals surface area contributed by atoms with E-state index in [0.29, 0.717) is 0 Å². The van der Waals surface area contributed by atoms with Gasteiger partial charge in [0.2, 0.25) is 0 Å². The third-order valence-corrected chi connectivity index (χ3v) is 3.46. The molecule has 78 valence electrons. The van der Waals surface area contributed by atoms with Crippen LogP contribution in [0.25, 0.3) is 0 Å². The monoisotopic (exact) mass is 185 g/mol. The molecule has 1 fully saturated rings. The lowest BCUT2D eigenvalue weighted by atomic mass is 9.98. The molecule has 0 bridgehead atoms. The Morgan fingerprint density at radius 1 is 1.38 bits per heavy atom. The summed E-state index contributed by atoms with van der Waals surface area (Å²) in [6.45, 7) is 7.31. The summed E-state index contributed by atoms with van der Waals surface area (Å²) in [5.74, 6) is 1.70. The molecule has 0 radical (unpaired) electrons. The highest BCUT2D eigenvalue weighted by Crippen LogP contribution is 2.30. The molecule has 0 aromatic carbocycles. The fraction of sp³-hybridized carbons (Fsp3) is 1.00. The molecule has 0 amide bonds. The predicted octanol–water partition coefficient (Wildman–Crippen LogP) is 1.78. The van der Waals surface area contributed by atoms with Gasteiger partial charge in [0.05, 0.1) is 6.10 Å². The van der Waals surface area contributed by atoms with Crippen LogP contribution >= 0.6 is 0 Å². The molecule has 0 spiro atoms. The lowest BCUT2D eigenvalue weighted by molar-refractivity contribution is 0.148. The molecule has 0 aliphatic heterocycles. The van der Waals surface area contributed by atoms with Crippen molar-refractivity contribution in [3.8, 4) is 0 Å². The van der Waals surface area contributed by atoms with Crippen LogP contribution in [0.5, 0.6) is 0 Å². The fourth-order valence-corrected chi connectivity index (χ4v) is 2.03. The molecule has 4 atom stereocenters. The van der Waals surface area contributed by atoms with Crippen LogP contribution in [0.15, 0.2) is 0 Å². The molecular formula is C11H23NO. The number of hydrogen-bond donors (Lipinski definition) is 2. The Morgan fingerprint density at radius 3 is 2.54 bits per heavy atom. The van der Waals surface area contributed by atoms with E-state index in [1.54, 1.807) is 0 Å². The molecule has 0 aromatic rings. The summed E-state index contributed by atoms with van der Waals surface area (Å²) in [4.78, 5) is 0. The van der Waals surface area contributed by atoms with Gasteiger partial charge in [-0.3, -0.25) is 0 Å². The van der Waals surface area contributed by atoms with Gasteiger partial charge in [0, 0.05) is 6.04 Å². The van der Waals surface area contributed by atoms with E-state index in [2.05, 4.69) is 12.2 Å². The highest BCUT2D eigenvalue weighted by atomic mass is 16.3. The summed E-state index contributed by atoms with van der Waals surface area (Å²) < 4.78 is 0. The maximum atomic E-state index is 9.30. The van der Waals surface area contributed by atoms with Crippen LogP contribution in [-0.2, 0) is 0 Å². The molecule has 2 nitrogen and oxygen atoms in total. The Kier molecular flexibility index (Phi) is 4.20. The fourth-order valence-electron chi connectivity index (χ4n) is 2.03. The van der Waals surface area contributed by atoms with E-state index in [4.69, 9.17) is 0 Å². The molecule has 0 aromatic heterocycles. The van der Waals surface area contributed by atoms with Crippen molar-refractivity contribution in [1.29, 1.82) is 0 Å². The topological polar surface area (TPSA) is 32.3 Å². The number of nitrogens with one attached hydrogen (secondary N) is 1. The SMILES string of the molecule is CC(O)C(C)NCC1CCCC1C. The average Bonchev–Trinajstić information content (AvgIpc) is 2.47. The molecule has 2 heteroatoms. The minimum atomic E-state index is -0.239. The second kappa shape index (κ2) is 4.97. The molecule has 13 heavy (non-hydrogen) atoms. The van der Waals surface area contributed by atoms with Gasteiger partial charge in [-0.25, -0.2) is 0 Å². The first kappa shape index (κ1) is 11.0. The highest BCUT2D eigenvalue weighted by Gasteiger charge is 2.23. The number of rotatable bonds is 4. The minimum absolute atomic E-state index is 0.229. The van der Waals surface area contributed by atoms with Crippen molar-refractivity contribution in [2.75, 3.05) is 6.54 Å². The van der Waals surface area contributed by atoms with Crippen LogP contribution in [0.3, 0.4) is 0 Å². The molecule has 0 heterocycles. The first-order chi connectivity index (χ1) is 6.11. The summed E-state index contributed by atoms with van der Waals surface area (Å²) in [6.07, 6.45) is 3.89. The Hall–Kier alpha value is -0.0800. The van der Waals surface area contributed by atoms with E-state index in [9.17, 15) is 5.11 Å². The van der Waals surface area contributed by atoms with Crippen molar-refractivity contribution < 1.29 is 5.11 Å². The van der Waals surface area contributed by atoms with Gasteiger partial charge in [-0.2, -0.15) is 0 Å². The van der Waals surface area contributed by atoms with Gasteiger partial charge in [0.15, 0.2) is 0 Å². The first-order valence-corrected chi connectivity index (χ1v) is 5.52. The molecule has 1 rings (SSSR count). The second-order valence-electron chi connectivity index (χ2n) is 4.61. The van der Waals surface area contributed by atoms with Crippen molar-refractivity contribution in [3.63, 3.8) is 0 Å². The average molecular weight is 185 g/mol. The van der Waals surface area contributed by atoms with E-state index in [1.807, 2.05) is 13.8 Å². The van der Waals surface area contributed by atoms with Gasteiger partial charge in [-0.15, -0.1) is 0 Å². The zero-order valence-corrected chi connectivity index (χ0v) is 9.09. The van der Waals surface area contributed by atoms with Crippen molar-refractivity contribution in [2.24, 2.45) is 11.8 Å². The van der Waals surface area contributed by atoms with Crippen LogP contribution in [0.4, 0.5) is 0 Å². The third kappa shape index (κ3) is 3.28. The molecule has 2 N–H and O–H groups in total. The molecule has 1 saturated carbocycles. The largest absolute Gasteiger partial charge is 0.392 e. The van der Waals surface area contributed by atoms with Crippen molar-refractivity contribution in [3.05, 3.63) is 0 Å². The maximum Gasteiger partial charge on any atom is 0.0662 e. The van der Waals surface area contributed by atoms with E-state index >= 15 is 0 Å². The Labute approximate surface area is 81.7 Å². The van der Waals surface area contributed by atoms with Crippen LogP contribution < -0.4 is 5.32 Å². The van der Waals surface area contributed by atoms with E-state index in [1.165, 1.54) is 19.3 Å². The predicted molar refractivity (Wildman–Crippen MR) is 55.7 cm³/mol. The summed E-state index contributed by atoms with van der Waals surface area (Å²) in [5, 5.41) is 12.7. The molecule has 1 aliphatic rings. The molecular weight excluding hydrogens is 162 g/mol. The lowest BCUT2D eigenvalue weighted by Gasteiger charge is -2.21. The molecule has 0 saturated heterocycles. The van der Waals surface area contributed by atoms with Crippen LogP contribution in [0.2, 0.25) is 0 Å². The van der Waals surface area contributed by atoms with Gasteiger partial charge in [0.25, 0.3) is 0 Å². The van der Waals surface area contributed by atoms with Crippen LogP contribution in [0.1, 0.15) is 40.0 Å². The van der Waals surface area contributed by atoms with Crippen molar-refractivity contribution in [2.45, 2.75) is 52.2 Å². The smallest absolute Gasteiger partial charge is 0.0662 e. The molecule has 1 aliphatic carbocycles. The van der Waals surface area contributed by atoms with Gasteiger partial charge >= 0.3 is 0 Å². The minimum Gasteiger partial charge on any atom is -0.392 e. The van der Waals surface area contributed by atoms with Gasteiger partial charge < -0.3 is 10.4 Å². The van der Waals surface area contributed by atoms with Crippen LogP contribution in [0, 0.1) is 11.8 Å². The van der Waals surface area contributed by atoms with Gasteiger partial charge in [-0.05, 0) is 38.6 Å². The summed E-state index contributed by atoms with van der Waals surface area (Å²) >= 11 is 0. The summed E-state index contributed by atoms with van der Waals surface area (Å²) in [7, 11) is 0. The first-order valence-electron chi connectivity index (χ1n) is 5.52. The maximum absolute atomic E-state index is 9.30. The summed E-state index contributed by atoms with van der Waals surface area (Å²) in [5.41, 5.74) is 0. The lowest BCUT2D eigenvalue weighted by Crippen LogP contribution is -2.38. The Morgan fingerprint density at radius 2 is 2.08 bits per heavy atom. The van der Waals surface area contributed by atoms with Crippen LogP contribution in [-0.4, -0.2) is 23.8 Å². The number of aliphatic hydroxyl groups excluding tert-OH is 1. The van der Waals surface area contributed by atoms with E-state index < -0.39 is 0 Å². The Bertz CT molecular complexity index is 147. The number of aliphatic hydroxyl groups is 1. The van der Waals surface area contributed by atoms with Crippen molar-refractivity contribution >= 4 is 0 Å². The van der Waals surface area contributed by atoms with Crippen molar-refractivity contribution in [1.82, 2.24) is 5.32 Å². The third-order valence-electron chi connectivity index (χ3n) is 3.46. The molecule has 4 unspecified atom stereocenters. The zero-order chi connectivity index (χ0) is 9.84.